The standard InChI is InChI=1S/C19H19NO5/c1-22-17-8-2-3-9-18(17)25-14-19(21)20(12-15-6-4-10-23-15)13-16-7-5-11-24-16/h2-11H,12-14H2,1H3. The Balaban J connectivity index is 1.67. The van der Waals surface area contributed by atoms with Gasteiger partial charge in [-0.3, -0.25) is 4.79 Å². The van der Waals surface area contributed by atoms with Gasteiger partial charge < -0.3 is 23.2 Å². The number of para-hydroxylation sites is 2. The van der Waals surface area contributed by atoms with E-state index in [-0.39, 0.29) is 12.5 Å². The van der Waals surface area contributed by atoms with Crippen molar-refractivity contribution in [3.8, 4) is 11.5 Å². The molecule has 0 spiro atoms. The van der Waals surface area contributed by atoms with Gasteiger partial charge in [0.2, 0.25) is 0 Å². The van der Waals surface area contributed by atoms with Crippen LogP contribution in [0, 0.1) is 0 Å². The summed E-state index contributed by atoms with van der Waals surface area (Å²) in [6, 6.07) is 14.4. The van der Waals surface area contributed by atoms with Crippen LogP contribution in [-0.2, 0) is 17.9 Å². The first-order valence-electron chi connectivity index (χ1n) is 7.84. The maximum atomic E-state index is 12.6. The van der Waals surface area contributed by atoms with Crippen molar-refractivity contribution in [1.82, 2.24) is 4.90 Å². The summed E-state index contributed by atoms with van der Waals surface area (Å²) in [5.41, 5.74) is 0. The van der Waals surface area contributed by atoms with Crippen molar-refractivity contribution in [2.45, 2.75) is 13.1 Å². The van der Waals surface area contributed by atoms with Crippen molar-refractivity contribution < 1.29 is 23.1 Å². The van der Waals surface area contributed by atoms with Crippen LogP contribution in [0.3, 0.4) is 0 Å². The zero-order valence-electron chi connectivity index (χ0n) is 13.9. The first kappa shape index (κ1) is 16.7. The molecule has 0 aliphatic rings. The van der Waals surface area contributed by atoms with Gasteiger partial charge in [0.1, 0.15) is 11.5 Å². The minimum absolute atomic E-state index is 0.109. The quantitative estimate of drug-likeness (QED) is 0.627. The van der Waals surface area contributed by atoms with Gasteiger partial charge in [0, 0.05) is 0 Å². The number of ether oxygens (including phenoxy) is 2. The maximum Gasteiger partial charge on any atom is 0.261 e. The molecular weight excluding hydrogens is 322 g/mol. The molecule has 0 aliphatic heterocycles. The van der Waals surface area contributed by atoms with Gasteiger partial charge in [0.05, 0.1) is 32.7 Å². The van der Waals surface area contributed by atoms with E-state index in [2.05, 4.69) is 0 Å². The summed E-state index contributed by atoms with van der Waals surface area (Å²) in [5, 5.41) is 0. The third-order valence-electron chi connectivity index (χ3n) is 3.63. The second-order valence-corrected chi connectivity index (χ2v) is 5.35. The van der Waals surface area contributed by atoms with E-state index < -0.39 is 0 Å². The average Bonchev–Trinajstić information content (AvgIpc) is 3.33. The van der Waals surface area contributed by atoms with Crippen LogP contribution in [0.25, 0.3) is 0 Å². The first-order chi connectivity index (χ1) is 12.3. The van der Waals surface area contributed by atoms with Crippen LogP contribution < -0.4 is 9.47 Å². The van der Waals surface area contributed by atoms with Crippen LogP contribution in [0.2, 0.25) is 0 Å². The lowest BCUT2D eigenvalue weighted by atomic mass is 10.3. The topological polar surface area (TPSA) is 65.1 Å². The van der Waals surface area contributed by atoms with Gasteiger partial charge in [-0.1, -0.05) is 12.1 Å². The third kappa shape index (κ3) is 4.44. The molecule has 0 saturated carbocycles. The number of hydrogen-bond donors (Lipinski definition) is 0. The van der Waals surface area contributed by atoms with Crippen molar-refractivity contribution in [1.29, 1.82) is 0 Å². The molecule has 6 heteroatoms. The molecule has 2 heterocycles. The summed E-state index contributed by atoms with van der Waals surface area (Å²) in [5.74, 6) is 2.31. The molecule has 0 N–H and O–H groups in total. The second kappa shape index (κ2) is 8.10. The van der Waals surface area contributed by atoms with E-state index in [9.17, 15) is 4.79 Å². The number of methoxy groups -OCH3 is 1. The molecule has 0 aliphatic carbocycles. The van der Waals surface area contributed by atoms with Crippen molar-refractivity contribution in [3.05, 3.63) is 72.6 Å². The van der Waals surface area contributed by atoms with Crippen LogP contribution >= 0.6 is 0 Å². The lowest BCUT2D eigenvalue weighted by Gasteiger charge is -2.21. The number of rotatable bonds is 8. The van der Waals surface area contributed by atoms with E-state index in [1.54, 1.807) is 48.8 Å². The lowest BCUT2D eigenvalue weighted by Crippen LogP contribution is -2.33. The fourth-order valence-corrected chi connectivity index (χ4v) is 2.38. The molecule has 3 aromatic rings. The van der Waals surface area contributed by atoms with Crippen molar-refractivity contribution in [3.63, 3.8) is 0 Å². The smallest absolute Gasteiger partial charge is 0.261 e. The molecule has 6 nitrogen and oxygen atoms in total. The van der Waals surface area contributed by atoms with Gasteiger partial charge >= 0.3 is 0 Å². The van der Waals surface area contributed by atoms with Crippen LogP contribution in [0.15, 0.2) is 69.9 Å². The lowest BCUT2D eigenvalue weighted by molar-refractivity contribution is -0.135. The Labute approximate surface area is 145 Å². The Morgan fingerprint density at radius 1 is 0.920 bits per heavy atom. The fraction of sp³-hybridized carbons (Fsp3) is 0.211. The predicted molar refractivity (Wildman–Crippen MR) is 90.2 cm³/mol. The van der Waals surface area contributed by atoms with Gasteiger partial charge in [-0.15, -0.1) is 0 Å². The van der Waals surface area contributed by atoms with Gasteiger partial charge in [0.25, 0.3) is 5.91 Å². The molecule has 1 aromatic carbocycles. The highest BCUT2D eigenvalue weighted by Crippen LogP contribution is 2.25. The van der Waals surface area contributed by atoms with E-state index in [0.717, 1.165) is 0 Å². The molecule has 0 radical (unpaired) electrons. The van der Waals surface area contributed by atoms with E-state index in [1.165, 1.54) is 0 Å². The molecule has 2 aromatic heterocycles. The average molecular weight is 341 g/mol. The summed E-state index contributed by atoms with van der Waals surface area (Å²) in [6.07, 6.45) is 3.16. The van der Waals surface area contributed by atoms with E-state index in [1.807, 2.05) is 24.3 Å². The minimum Gasteiger partial charge on any atom is -0.493 e. The van der Waals surface area contributed by atoms with Gasteiger partial charge in [-0.05, 0) is 36.4 Å². The molecule has 25 heavy (non-hydrogen) atoms. The molecule has 0 fully saturated rings. The Hall–Kier alpha value is -3.15. The Morgan fingerprint density at radius 2 is 1.52 bits per heavy atom. The monoisotopic (exact) mass is 341 g/mol. The number of hydrogen-bond acceptors (Lipinski definition) is 5. The first-order valence-corrected chi connectivity index (χ1v) is 7.84. The predicted octanol–water partition coefficient (Wildman–Crippen LogP) is 3.49. The number of nitrogens with zero attached hydrogens (tertiary/aromatic N) is 1. The molecule has 0 bridgehead atoms. The van der Waals surface area contributed by atoms with Crippen LogP contribution in [0.5, 0.6) is 11.5 Å². The van der Waals surface area contributed by atoms with Crippen molar-refractivity contribution >= 4 is 5.91 Å². The highest BCUT2D eigenvalue weighted by molar-refractivity contribution is 5.77. The molecule has 0 unspecified atom stereocenters. The summed E-state index contributed by atoms with van der Waals surface area (Å²) in [4.78, 5) is 14.3. The van der Waals surface area contributed by atoms with Gasteiger partial charge in [0.15, 0.2) is 18.1 Å². The molecular formula is C19H19NO5. The second-order valence-electron chi connectivity index (χ2n) is 5.35. The highest BCUT2D eigenvalue weighted by atomic mass is 16.5. The zero-order valence-corrected chi connectivity index (χ0v) is 13.9. The number of furan rings is 2. The van der Waals surface area contributed by atoms with Crippen LogP contribution in [0.1, 0.15) is 11.5 Å². The largest absolute Gasteiger partial charge is 0.493 e. The molecule has 130 valence electrons. The molecule has 1 amide bonds. The number of amides is 1. The highest BCUT2D eigenvalue weighted by Gasteiger charge is 2.18. The van der Waals surface area contributed by atoms with E-state index in [4.69, 9.17) is 18.3 Å². The Bertz CT molecular complexity index is 744. The normalized spacial score (nSPS) is 10.4. The zero-order chi connectivity index (χ0) is 17.5. The van der Waals surface area contributed by atoms with Crippen molar-refractivity contribution in [2.24, 2.45) is 0 Å². The molecule has 0 saturated heterocycles. The summed E-state index contributed by atoms with van der Waals surface area (Å²) in [7, 11) is 1.56. The molecule has 0 atom stereocenters. The number of carbonyl (C=O) groups excluding carboxylic acids is 1. The fourth-order valence-electron chi connectivity index (χ4n) is 2.38. The Morgan fingerprint density at radius 3 is 2.04 bits per heavy atom. The third-order valence-corrected chi connectivity index (χ3v) is 3.63. The SMILES string of the molecule is COc1ccccc1OCC(=O)N(Cc1ccco1)Cc1ccco1. The Kier molecular flexibility index (Phi) is 5.41. The van der Waals surface area contributed by atoms with Crippen molar-refractivity contribution in [2.75, 3.05) is 13.7 Å². The summed E-state index contributed by atoms with van der Waals surface area (Å²) >= 11 is 0. The summed E-state index contributed by atoms with van der Waals surface area (Å²) in [6.45, 7) is 0.561. The van der Waals surface area contributed by atoms with E-state index in [0.29, 0.717) is 36.1 Å². The number of carbonyl (C=O) groups is 1. The maximum absolute atomic E-state index is 12.6. The van der Waals surface area contributed by atoms with E-state index >= 15 is 0 Å². The number of benzene rings is 1. The minimum atomic E-state index is -0.182. The van der Waals surface area contributed by atoms with Gasteiger partial charge in [-0.2, -0.15) is 0 Å². The molecule has 3 rings (SSSR count). The van der Waals surface area contributed by atoms with Crippen LogP contribution in [-0.4, -0.2) is 24.5 Å². The summed E-state index contributed by atoms with van der Waals surface area (Å²) < 4.78 is 21.6. The van der Waals surface area contributed by atoms with Crippen LogP contribution in [0.4, 0.5) is 0 Å². The van der Waals surface area contributed by atoms with Gasteiger partial charge in [-0.25, -0.2) is 0 Å².